The molecule has 0 saturated carbocycles. The van der Waals surface area contributed by atoms with Gasteiger partial charge in [-0.3, -0.25) is 0 Å². The standard InChI is InChI=1S/C20H20N4O3/c1-27-20(26)21-13-10-11-24(12-13)19-14-6-2-4-8-16(14)22-18(23-19)15-7-3-5-9-17(15)25/h2-9,13,25H,10-12H2,1H3,(H,21,26)/t13-/m0/s1. The van der Waals surface area contributed by atoms with E-state index >= 15 is 0 Å². The number of rotatable bonds is 3. The van der Waals surface area contributed by atoms with Crippen LogP contribution in [0.3, 0.4) is 0 Å². The van der Waals surface area contributed by atoms with Crippen LogP contribution in [0.25, 0.3) is 22.3 Å². The molecule has 7 nitrogen and oxygen atoms in total. The fourth-order valence-corrected chi connectivity index (χ4v) is 3.38. The van der Waals surface area contributed by atoms with Gasteiger partial charge in [0.1, 0.15) is 11.6 Å². The number of phenolic OH excluding ortho intramolecular Hbond substituents is 1. The summed E-state index contributed by atoms with van der Waals surface area (Å²) in [6.07, 6.45) is 0.378. The number of hydrogen-bond donors (Lipinski definition) is 2. The first-order valence-electron chi connectivity index (χ1n) is 8.80. The van der Waals surface area contributed by atoms with Crippen LogP contribution in [0, 0.1) is 0 Å². The molecule has 1 fully saturated rings. The maximum absolute atomic E-state index is 11.5. The number of hydrogen-bond acceptors (Lipinski definition) is 6. The minimum atomic E-state index is -0.427. The van der Waals surface area contributed by atoms with Gasteiger partial charge in [-0.05, 0) is 30.7 Å². The molecule has 4 rings (SSSR count). The van der Waals surface area contributed by atoms with Crippen LogP contribution in [0.15, 0.2) is 48.5 Å². The average Bonchev–Trinajstić information content (AvgIpc) is 3.15. The molecule has 0 bridgehead atoms. The molecule has 2 N–H and O–H groups in total. The molecule has 1 saturated heterocycles. The first kappa shape index (κ1) is 17.1. The molecule has 1 atom stereocenters. The molecule has 0 aliphatic carbocycles. The summed E-state index contributed by atoms with van der Waals surface area (Å²) in [5.74, 6) is 1.42. The predicted octanol–water partition coefficient (Wildman–Crippen LogP) is 2.94. The highest BCUT2D eigenvalue weighted by molar-refractivity contribution is 5.91. The number of carbonyl (C=O) groups excluding carboxylic acids is 1. The fourth-order valence-electron chi connectivity index (χ4n) is 3.38. The van der Waals surface area contributed by atoms with E-state index in [0.717, 1.165) is 29.7 Å². The number of anilines is 1. The van der Waals surface area contributed by atoms with Crippen LogP contribution in [0.1, 0.15) is 6.42 Å². The number of carbonyl (C=O) groups is 1. The molecule has 0 unspecified atom stereocenters. The number of ether oxygens (including phenoxy) is 1. The highest BCUT2D eigenvalue weighted by Gasteiger charge is 2.27. The zero-order chi connectivity index (χ0) is 18.8. The highest BCUT2D eigenvalue weighted by Crippen LogP contribution is 2.32. The Morgan fingerprint density at radius 3 is 2.78 bits per heavy atom. The molecule has 1 aliphatic rings. The van der Waals surface area contributed by atoms with Crippen LogP contribution in [0.2, 0.25) is 0 Å². The Hall–Kier alpha value is -3.35. The lowest BCUT2D eigenvalue weighted by atomic mass is 10.1. The van der Waals surface area contributed by atoms with Crippen molar-refractivity contribution in [1.29, 1.82) is 0 Å². The van der Waals surface area contributed by atoms with Crippen molar-refractivity contribution in [2.24, 2.45) is 0 Å². The van der Waals surface area contributed by atoms with Crippen LogP contribution < -0.4 is 10.2 Å². The minimum Gasteiger partial charge on any atom is -0.507 e. The van der Waals surface area contributed by atoms with Crippen molar-refractivity contribution >= 4 is 22.8 Å². The number of aromatic nitrogens is 2. The van der Waals surface area contributed by atoms with Gasteiger partial charge in [-0.25, -0.2) is 14.8 Å². The van der Waals surface area contributed by atoms with Gasteiger partial charge in [-0.1, -0.05) is 24.3 Å². The molecule has 0 radical (unpaired) electrons. The SMILES string of the molecule is COC(=O)N[C@H]1CCN(c2nc(-c3ccccc3O)nc3ccccc23)C1. The number of benzene rings is 2. The lowest BCUT2D eigenvalue weighted by molar-refractivity contribution is 0.167. The summed E-state index contributed by atoms with van der Waals surface area (Å²) in [5, 5.41) is 14.0. The third kappa shape index (κ3) is 3.36. The van der Waals surface area contributed by atoms with Gasteiger partial charge in [0.25, 0.3) is 0 Å². The first-order valence-corrected chi connectivity index (χ1v) is 8.80. The maximum Gasteiger partial charge on any atom is 0.407 e. The van der Waals surface area contributed by atoms with E-state index in [0.29, 0.717) is 17.9 Å². The van der Waals surface area contributed by atoms with Crippen LogP contribution in [0.4, 0.5) is 10.6 Å². The Balaban J connectivity index is 1.74. The van der Waals surface area contributed by atoms with Crippen molar-refractivity contribution in [2.75, 3.05) is 25.1 Å². The second-order valence-electron chi connectivity index (χ2n) is 6.47. The smallest absolute Gasteiger partial charge is 0.407 e. The highest BCUT2D eigenvalue weighted by atomic mass is 16.5. The average molecular weight is 364 g/mol. The van der Waals surface area contributed by atoms with E-state index in [1.54, 1.807) is 18.2 Å². The van der Waals surface area contributed by atoms with Crippen molar-refractivity contribution in [1.82, 2.24) is 15.3 Å². The van der Waals surface area contributed by atoms with Crippen LogP contribution in [-0.2, 0) is 4.74 Å². The number of alkyl carbamates (subject to hydrolysis) is 1. The third-order valence-electron chi connectivity index (χ3n) is 4.72. The van der Waals surface area contributed by atoms with Crippen LogP contribution >= 0.6 is 0 Å². The molecule has 2 aromatic carbocycles. The lowest BCUT2D eigenvalue weighted by Gasteiger charge is -2.20. The summed E-state index contributed by atoms with van der Waals surface area (Å²) >= 11 is 0. The zero-order valence-electron chi connectivity index (χ0n) is 14.9. The molecule has 0 spiro atoms. The molecule has 3 aromatic rings. The largest absolute Gasteiger partial charge is 0.507 e. The Morgan fingerprint density at radius 2 is 1.96 bits per heavy atom. The second-order valence-corrected chi connectivity index (χ2v) is 6.47. The molecule has 1 aromatic heterocycles. The summed E-state index contributed by atoms with van der Waals surface area (Å²) in [6, 6.07) is 14.8. The number of aromatic hydroxyl groups is 1. The molecule has 27 heavy (non-hydrogen) atoms. The van der Waals surface area contributed by atoms with Crippen molar-refractivity contribution in [2.45, 2.75) is 12.5 Å². The molecule has 7 heteroatoms. The van der Waals surface area contributed by atoms with Crippen molar-refractivity contribution in [3.8, 4) is 17.1 Å². The van der Waals surface area contributed by atoms with Crippen LogP contribution in [0.5, 0.6) is 5.75 Å². The normalized spacial score (nSPS) is 16.5. The van der Waals surface area contributed by atoms with Crippen molar-refractivity contribution in [3.63, 3.8) is 0 Å². The maximum atomic E-state index is 11.5. The third-order valence-corrected chi connectivity index (χ3v) is 4.72. The summed E-state index contributed by atoms with van der Waals surface area (Å²) in [4.78, 5) is 23.0. The number of phenols is 1. The van der Waals surface area contributed by atoms with E-state index < -0.39 is 6.09 Å². The predicted molar refractivity (Wildman–Crippen MR) is 103 cm³/mol. The van der Waals surface area contributed by atoms with E-state index in [9.17, 15) is 9.90 Å². The summed E-state index contributed by atoms with van der Waals surface area (Å²) < 4.78 is 4.69. The monoisotopic (exact) mass is 364 g/mol. The number of methoxy groups -OCH3 is 1. The fraction of sp³-hybridized carbons (Fsp3) is 0.250. The number of amides is 1. The molecule has 2 heterocycles. The Labute approximate surface area is 156 Å². The van der Waals surface area contributed by atoms with Gasteiger partial charge in [-0.2, -0.15) is 0 Å². The van der Waals surface area contributed by atoms with E-state index in [4.69, 9.17) is 9.72 Å². The number of fused-ring (bicyclic) bond motifs is 1. The topological polar surface area (TPSA) is 87.6 Å². The van der Waals surface area contributed by atoms with Gasteiger partial charge in [0.15, 0.2) is 5.82 Å². The van der Waals surface area contributed by atoms with Gasteiger partial charge in [0.05, 0.1) is 24.2 Å². The first-order chi connectivity index (χ1) is 13.2. The van der Waals surface area contributed by atoms with Crippen LogP contribution in [-0.4, -0.2) is 47.4 Å². The Morgan fingerprint density at radius 1 is 1.19 bits per heavy atom. The number of nitrogens with zero attached hydrogens (tertiary/aromatic N) is 3. The van der Waals surface area contributed by atoms with Gasteiger partial charge in [0, 0.05) is 18.5 Å². The quantitative estimate of drug-likeness (QED) is 0.743. The molecule has 1 amide bonds. The molecular weight excluding hydrogens is 344 g/mol. The minimum absolute atomic E-state index is 0.000226. The van der Waals surface area contributed by atoms with Gasteiger partial charge < -0.3 is 20.1 Å². The van der Waals surface area contributed by atoms with E-state index in [-0.39, 0.29) is 11.8 Å². The molecule has 1 aliphatic heterocycles. The number of para-hydroxylation sites is 2. The molecular formula is C20H20N4O3. The molecule has 138 valence electrons. The van der Waals surface area contributed by atoms with E-state index in [1.165, 1.54) is 7.11 Å². The zero-order valence-corrected chi connectivity index (χ0v) is 14.9. The summed E-state index contributed by atoms with van der Waals surface area (Å²) in [6.45, 7) is 1.40. The van der Waals surface area contributed by atoms with Gasteiger partial charge in [-0.15, -0.1) is 0 Å². The lowest BCUT2D eigenvalue weighted by Crippen LogP contribution is -2.37. The summed E-state index contributed by atoms with van der Waals surface area (Å²) in [5.41, 5.74) is 1.40. The van der Waals surface area contributed by atoms with Gasteiger partial charge >= 0.3 is 6.09 Å². The Bertz CT molecular complexity index is 992. The van der Waals surface area contributed by atoms with Gasteiger partial charge in [0.2, 0.25) is 0 Å². The van der Waals surface area contributed by atoms with E-state index in [1.807, 2.05) is 30.3 Å². The Kier molecular flexibility index (Phi) is 4.50. The van der Waals surface area contributed by atoms with E-state index in [2.05, 4.69) is 15.2 Å². The van der Waals surface area contributed by atoms with Crippen molar-refractivity contribution in [3.05, 3.63) is 48.5 Å². The second kappa shape index (κ2) is 7.11. The summed E-state index contributed by atoms with van der Waals surface area (Å²) in [7, 11) is 1.36. The van der Waals surface area contributed by atoms with Crippen molar-refractivity contribution < 1.29 is 14.6 Å². The number of nitrogens with one attached hydrogen (secondary N) is 1.